The molecule has 16 heavy (non-hydrogen) atoms. The van der Waals surface area contributed by atoms with Crippen molar-refractivity contribution in [3.63, 3.8) is 0 Å². The summed E-state index contributed by atoms with van der Waals surface area (Å²) in [5.74, 6) is 0. The molecule has 2 aliphatic rings. The lowest BCUT2D eigenvalue weighted by atomic mass is 9.80. The van der Waals surface area contributed by atoms with Crippen LogP contribution in [-0.2, 0) is 0 Å². The number of nitrogens with one attached hydrogen (secondary N) is 1. The van der Waals surface area contributed by atoms with Crippen molar-refractivity contribution in [3.8, 4) is 0 Å². The minimum Gasteiger partial charge on any atom is -0.377 e. The molecule has 3 heteroatoms. The molecule has 1 atom stereocenters. The molecule has 0 amide bonds. The van der Waals surface area contributed by atoms with E-state index >= 15 is 0 Å². The van der Waals surface area contributed by atoms with Crippen LogP contribution in [0.15, 0.2) is 0 Å². The fourth-order valence-electron chi connectivity index (χ4n) is 3.14. The first-order chi connectivity index (χ1) is 7.71. The molecule has 1 unspecified atom stereocenters. The zero-order valence-electron chi connectivity index (χ0n) is 10.3. The molecular weight excluding hydrogens is 200 g/mol. The number of hydrogen-bond acceptors (Lipinski definition) is 3. The number of rotatable bonds is 3. The molecule has 0 bridgehead atoms. The predicted octanol–water partition coefficient (Wildman–Crippen LogP) is 1.89. The first kappa shape index (κ1) is 12.3. The highest BCUT2D eigenvalue weighted by atomic mass is 16.3. The van der Waals surface area contributed by atoms with Crippen molar-refractivity contribution in [1.82, 2.24) is 5.32 Å². The zero-order valence-corrected chi connectivity index (χ0v) is 10.3. The van der Waals surface area contributed by atoms with Gasteiger partial charge >= 0.3 is 0 Å². The summed E-state index contributed by atoms with van der Waals surface area (Å²) in [7, 11) is 0. The monoisotopic (exact) mass is 226 g/mol. The van der Waals surface area contributed by atoms with E-state index in [1.165, 1.54) is 51.4 Å². The van der Waals surface area contributed by atoms with Gasteiger partial charge in [0.1, 0.15) is 6.23 Å². The van der Waals surface area contributed by atoms with E-state index in [0.29, 0.717) is 6.04 Å². The van der Waals surface area contributed by atoms with E-state index < -0.39 is 6.23 Å². The smallest absolute Gasteiger partial charge is 0.123 e. The van der Waals surface area contributed by atoms with E-state index in [2.05, 4.69) is 5.32 Å². The summed E-state index contributed by atoms with van der Waals surface area (Å²) in [6.07, 6.45) is 11.4. The molecule has 0 heterocycles. The van der Waals surface area contributed by atoms with Crippen molar-refractivity contribution in [3.05, 3.63) is 0 Å². The van der Waals surface area contributed by atoms with Crippen molar-refractivity contribution in [2.24, 2.45) is 5.73 Å². The summed E-state index contributed by atoms with van der Waals surface area (Å²) < 4.78 is 0. The van der Waals surface area contributed by atoms with Gasteiger partial charge in [-0.05, 0) is 25.7 Å². The third-order valence-corrected chi connectivity index (χ3v) is 4.33. The van der Waals surface area contributed by atoms with Crippen LogP contribution < -0.4 is 11.1 Å². The molecule has 2 rings (SSSR count). The van der Waals surface area contributed by atoms with Gasteiger partial charge in [0.05, 0.1) is 5.54 Å². The van der Waals surface area contributed by atoms with E-state index in [9.17, 15) is 5.11 Å². The van der Waals surface area contributed by atoms with Crippen LogP contribution in [0.3, 0.4) is 0 Å². The molecular formula is C13H26N2O. The molecule has 0 radical (unpaired) electrons. The maximum absolute atomic E-state index is 10.2. The van der Waals surface area contributed by atoms with Crippen LogP contribution in [0.5, 0.6) is 0 Å². The minimum absolute atomic E-state index is 0.365. The van der Waals surface area contributed by atoms with Crippen LogP contribution in [0.4, 0.5) is 0 Å². The maximum Gasteiger partial charge on any atom is 0.123 e. The molecule has 3 nitrogen and oxygen atoms in total. The largest absolute Gasteiger partial charge is 0.377 e. The second kappa shape index (κ2) is 5.48. The summed E-state index contributed by atoms with van der Waals surface area (Å²) in [5.41, 5.74) is 5.94. The number of hydrogen-bond donors (Lipinski definition) is 3. The van der Waals surface area contributed by atoms with Gasteiger partial charge in [-0.25, -0.2) is 0 Å². The summed E-state index contributed by atoms with van der Waals surface area (Å²) >= 11 is 0. The van der Waals surface area contributed by atoms with Crippen molar-refractivity contribution in [2.45, 2.75) is 82.0 Å². The molecule has 0 aromatic rings. The normalized spacial score (nSPS) is 28.9. The van der Waals surface area contributed by atoms with Gasteiger partial charge in [-0.15, -0.1) is 0 Å². The Hall–Kier alpha value is -0.120. The predicted molar refractivity (Wildman–Crippen MR) is 66.0 cm³/mol. The minimum atomic E-state index is -0.504. The molecule has 0 aromatic heterocycles. The second-order valence-corrected chi connectivity index (χ2v) is 5.70. The third kappa shape index (κ3) is 2.96. The third-order valence-electron chi connectivity index (χ3n) is 4.33. The molecule has 0 saturated heterocycles. The molecule has 0 aliphatic heterocycles. The quantitative estimate of drug-likeness (QED) is 0.644. The molecule has 2 saturated carbocycles. The Morgan fingerprint density at radius 3 is 2.19 bits per heavy atom. The van der Waals surface area contributed by atoms with Crippen LogP contribution in [0, 0.1) is 0 Å². The fourth-order valence-corrected chi connectivity index (χ4v) is 3.14. The number of aliphatic hydroxyl groups is 1. The Bertz CT molecular complexity index is 208. The van der Waals surface area contributed by atoms with Gasteiger partial charge in [0.2, 0.25) is 0 Å². The van der Waals surface area contributed by atoms with Gasteiger partial charge in [0.25, 0.3) is 0 Å². The van der Waals surface area contributed by atoms with Gasteiger partial charge < -0.3 is 10.8 Å². The van der Waals surface area contributed by atoms with Crippen molar-refractivity contribution in [2.75, 3.05) is 0 Å². The summed E-state index contributed by atoms with van der Waals surface area (Å²) in [6.45, 7) is 0. The highest BCUT2D eigenvalue weighted by molar-refractivity contribution is 4.94. The second-order valence-electron chi connectivity index (χ2n) is 5.70. The zero-order chi connectivity index (χ0) is 11.4. The van der Waals surface area contributed by atoms with E-state index in [1.54, 1.807) is 0 Å². The Kier molecular flexibility index (Phi) is 4.22. The molecule has 0 aromatic carbocycles. The van der Waals surface area contributed by atoms with E-state index in [1.807, 2.05) is 0 Å². The lowest BCUT2D eigenvalue weighted by Crippen LogP contribution is -2.60. The Morgan fingerprint density at radius 2 is 1.56 bits per heavy atom. The summed E-state index contributed by atoms with van der Waals surface area (Å²) in [6, 6.07) is 0.492. The Balaban J connectivity index is 1.83. The average molecular weight is 226 g/mol. The molecule has 0 spiro atoms. The summed E-state index contributed by atoms with van der Waals surface area (Å²) in [4.78, 5) is 0. The Labute approximate surface area is 98.8 Å². The Morgan fingerprint density at radius 1 is 1.00 bits per heavy atom. The molecule has 4 N–H and O–H groups in total. The molecule has 2 aliphatic carbocycles. The topological polar surface area (TPSA) is 58.3 Å². The highest BCUT2D eigenvalue weighted by Crippen LogP contribution is 2.29. The van der Waals surface area contributed by atoms with Crippen LogP contribution >= 0.6 is 0 Å². The number of nitrogens with two attached hydrogens (primary N) is 1. The fraction of sp³-hybridized carbons (Fsp3) is 1.00. The SMILES string of the molecule is NC1(C(O)NC2CCCCC2)CCCCC1. The molecule has 2 fully saturated rings. The molecule has 94 valence electrons. The van der Waals surface area contributed by atoms with E-state index in [0.717, 1.165) is 12.8 Å². The van der Waals surface area contributed by atoms with Crippen molar-refractivity contribution >= 4 is 0 Å². The lowest BCUT2D eigenvalue weighted by Gasteiger charge is -2.40. The van der Waals surface area contributed by atoms with Crippen molar-refractivity contribution < 1.29 is 5.11 Å². The highest BCUT2D eigenvalue weighted by Gasteiger charge is 2.36. The van der Waals surface area contributed by atoms with E-state index in [-0.39, 0.29) is 5.54 Å². The van der Waals surface area contributed by atoms with Gasteiger partial charge in [0.15, 0.2) is 0 Å². The van der Waals surface area contributed by atoms with Gasteiger partial charge in [0, 0.05) is 6.04 Å². The van der Waals surface area contributed by atoms with Crippen LogP contribution in [0.25, 0.3) is 0 Å². The van der Waals surface area contributed by atoms with Crippen LogP contribution in [0.2, 0.25) is 0 Å². The number of aliphatic hydroxyl groups excluding tert-OH is 1. The standard InChI is InChI=1S/C13H26N2O/c14-13(9-5-2-6-10-13)12(16)15-11-7-3-1-4-8-11/h11-12,15-16H,1-10,14H2. The van der Waals surface area contributed by atoms with Gasteiger partial charge in [-0.3, -0.25) is 5.32 Å². The first-order valence-corrected chi connectivity index (χ1v) is 6.94. The van der Waals surface area contributed by atoms with Crippen molar-refractivity contribution in [1.29, 1.82) is 0 Å². The lowest BCUT2D eigenvalue weighted by molar-refractivity contribution is 0.0191. The van der Waals surface area contributed by atoms with Gasteiger partial charge in [-0.2, -0.15) is 0 Å². The van der Waals surface area contributed by atoms with Crippen LogP contribution in [-0.4, -0.2) is 22.9 Å². The maximum atomic E-state index is 10.2. The summed E-state index contributed by atoms with van der Waals surface area (Å²) in [5, 5.41) is 13.6. The average Bonchev–Trinajstić information content (AvgIpc) is 2.31. The van der Waals surface area contributed by atoms with E-state index in [4.69, 9.17) is 5.73 Å². The first-order valence-electron chi connectivity index (χ1n) is 6.94. The van der Waals surface area contributed by atoms with Gasteiger partial charge in [-0.1, -0.05) is 38.5 Å². The van der Waals surface area contributed by atoms with Crippen LogP contribution in [0.1, 0.15) is 64.2 Å².